The van der Waals surface area contributed by atoms with Gasteiger partial charge in [-0.25, -0.2) is 0 Å². The van der Waals surface area contributed by atoms with Gasteiger partial charge in [0.1, 0.15) is 0 Å². The number of likely N-dealkylation sites (tertiary alicyclic amines) is 1. The largest absolute Gasteiger partial charge is 0.384 e. The van der Waals surface area contributed by atoms with Gasteiger partial charge in [0, 0.05) is 31.3 Å². The van der Waals surface area contributed by atoms with E-state index in [1.165, 1.54) is 0 Å². The Morgan fingerprint density at radius 1 is 1.26 bits per heavy atom. The predicted octanol–water partition coefficient (Wildman–Crippen LogP) is 2.03. The summed E-state index contributed by atoms with van der Waals surface area (Å²) < 4.78 is 4.93. The van der Waals surface area contributed by atoms with Gasteiger partial charge >= 0.3 is 0 Å². The molecule has 1 aliphatic rings. The molecule has 126 valence electrons. The van der Waals surface area contributed by atoms with Gasteiger partial charge in [-0.2, -0.15) is 0 Å². The number of ether oxygens (including phenoxy) is 1. The normalized spacial score (nSPS) is 15.5. The lowest BCUT2D eigenvalue weighted by Crippen LogP contribution is -2.47. The van der Waals surface area contributed by atoms with Gasteiger partial charge in [0.15, 0.2) is 0 Å². The highest BCUT2D eigenvalue weighted by atomic mass is 35.5. The minimum atomic E-state index is 0.0106. The number of hydrogen-bond donors (Lipinski definition) is 1. The molecule has 5 nitrogen and oxygen atoms in total. The molecule has 2 rings (SSSR count). The van der Waals surface area contributed by atoms with Crippen LogP contribution in [0.25, 0.3) is 0 Å². The molecule has 6 heteroatoms. The third-order valence-electron chi connectivity index (χ3n) is 4.01. The van der Waals surface area contributed by atoms with Crippen molar-refractivity contribution in [3.05, 3.63) is 34.9 Å². The van der Waals surface area contributed by atoms with Crippen LogP contribution in [0.15, 0.2) is 24.3 Å². The first kappa shape index (κ1) is 17.8. The summed E-state index contributed by atoms with van der Waals surface area (Å²) in [7, 11) is 1.59. The first-order chi connectivity index (χ1) is 11.1. The second kappa shape index (κ2) is 8.89. The minimum absolute atomic E-state index is 0.0106. The maximum Gasteiger partial charge on any atom is 0.224 e. The molecule has 23 heavy (non-hydrogen) atoms. The summed E-state index contributed by atoms with van der Waals surface area (Å²) in [5.41, 5.74) is 0.944. The maximum absolute atomic E-state index is 12.1. The second-order valence-corrected chi connectivity index (χ2v) is 6.21. The van der Waals surface area contributed by atoms with Crippen molar-refractivity contribution < 1.29 is 14.3 Å². The molecule has 0 spiro atoms. The molecule has 1 aromatic carbocycles. The third-order valence-corrected chi connectivity index (χ3v) is 4.26. The number of piperidine rings is 1. The summed E-state index contributed by atoms with van der Waals surface area (Å²) >= 11 is 5.83. The fraction of sp³-hybridized carbons (Fsp3) is 0.529. The molecule has 1 N–H and O–H groups in total. The van der Waals surface area contributed by atoms with Crippen LogP contribution in [0.4, 0.5) is 0 Å². The van der Waals surface area contributed by atoms with E-state index < -0.39 is 0 Å². The second-order valence-electron chi connectivity index (χ2n) is 5.77. The maximum atomic E-state index is 12.1. The van der Waals surface area contributed by atoms with Crippen LogP contribution in [-0.2, 0) is 20.7 Å². The summed E-state index contributed by atoms with van der Waals surface area (Å²) in [5.74, 6) is 0.134. The molecule has 1 aliphatic heterocycles. The number of nitrogens with zero attached hydrogens (tertiary/aromatic N) is 1. The number of nitrogens with one attached hydrogen (secondary N) is 1. The van der Waals surface area contributed by atoms with Gasteiger partial charge in [-0.05, 0) is 30.5 Å². The van der Waals surface area contributed by atoms with E-state index in [4.69, 9.17) is 16.3 Å². The van der Waals surface area contributed by atoms with Gasteiger partial charge in [-0.1, -0.05) is 23.7 Å². The van der Waals surface area contributed by atoms with E-state index in [9.17, 15) is 9.59 Å². The van der Waals surface area contributed by atoms with Crippen LogP contribution in [0.5, 0.6) is 0 Å². The average Bonchev–Trinajstić information content (AvgIpc) is 2.55. The van der Waals surface area contributed by atoms with Crippen molar-refractivity contribution in [1.82, 2.24) is 10.2 Å². The number of carbonyl (C=O) groups excluding carboxylic acids is 2. The van der Waals surface area contributed by atoms with Crippen molar-refractivity contribution in [1.29, 1.82) is 0 Å². The fourth-order valence-electron chi connectivity index (χ4n) is 2.69. The summed E-state index contributed by atoms with van der Waals surface area (Å²) in [6.45, 7) is 1.83. The highest BCUT2D eigenvalue weighted by Gasteiger charge is 2.23. The Morgan fingerprint density at radius 2 is 1.91 bits per heavy atom. The Labute approximate surface area is 141 Å². The molecule has 0 atom stereocenters. The molecule has 0 bridgehead atoms. The van der Waals surface area contributed by atoms with Crippen LogP contribution in [0, 0.1) is 0 Å². The van der Waals surface area contributed by atoms with Crippen LogP contribution in [-0.4, -0.2) is 49.6 Å². The molecule has 0 radical (unpaired) electrons. The van der Waals surface area contributed by atoms with E-state index in [1.807, 2.05) is 17.0 Å². The number of benzene rings is 1. The smallest absolute Gasteiger partial charge is 0.224 e. The molecule has 0 saturated carbocycles. The molecule has 0 aromatic heterocycles. The number of methoxy groups -OCH3 is 1. The minimum Gasteiger partial charge on any atom is -0.384 e. The lowest BCUT2D eigenvalue weighted by atomic mass is 10.0. The molecular weight excluding hydrogens is 316 g/mol. The SMILES string of the molecule is COCCC(=O)N1CCC(NC(=O)Cc2ccc(Cl)cc2)CC1. The Bertz CT molecular complexity index is 525. The van der Waals surface area contributed by atoms with E-state index in [2.05, 4.69) is 5.32 Å². The molecule has 1 fully saturated rings. The molecular formula is C17H23ClN2O3. The van der Waals surface area contributed by atoms with Gasteiger partial charge in [0.2, 0.25) is 11.8 Å². The van der Waals surface area contributed by atoms with Gasteiger partial charge in [-0.15, -0.1) is 0 Å². The van der Waals surface area contributed by atoms with Crippen LogP contribution in [0.3, 0.4) is 0 Å². The van der Waals surface area contributed by atoms with E-state index in [0.717, 1.165) is 18.4 Å². The Balaban J connectivity index is 1.72. The van der Waals surface area contributed by atoms with Crippen molar-refractivity contribution in [3.63, 3.8) is 0 Å². The number of carbonyl (C=O) groups is 2. The Kier molecular flexibility index (Phi) is 6.86. The van der Waals surface area contributed by atoms with Crippen LogP contribution in [0.1, 0.15) is 24.8 Å². The molecule has 2 amide bonds. The van der Waals surface area contributed by atoms with Gasteiger partial charge in [0.25, 0.3) is 0 Å². The van der Waals surface area contributed by atoms with Crippen LogP contribution in [0.2, 0.25) is 5.02 Å². The topological polar surface area (TPSA) is 58.6 Å². The Morgan fingerprint density at radius 3 is 2.52 bits per heavy atom. The number of halogens is 1. The molecule has 1 aromatic rings. The monoisotopic (exact) mass is 338 g/mol. The third kappa shape index (κ3) is 5.84. The highest BCUT2D eigenvalue weighted by molar-refractivity contribution is 6.30. The first-order valence-corrected chi connectivity index (χ1v) is 8.27. The van der Waals surface area contributed by atoms with E-state index in [0.29, 0.717) is 37.6 Å². The zero-order chi connectivity index (χ0) is 16.7. The number of rotatable bonds is 6. The van der Waals surface area contributed by atoms with Crippen LogP contribution >= 0.6 is 11.6 Å². The summed E-state index contributed by atoms with van der Waals surface area (Å²) in [4.78, 5) is 25.8. The van der Waals surface area contributed by atoms with E-state index in [1.54, 1.807) is 19.2 Å². The lowest BCUT2D eigenvalue weighted by Gasteiger charge is -2.32. The average molecular weight is 339 g/mol. The van der Waals surface area contributed by atoms with Gasteiger partial charge < -0.3 is 15.0 Å². The first-order valence-electron chi connectivity index (χ1n) is 7.89. The zero-order valence-electron chi connectivity index (χ0n) is 13.4. The number of amides is 2. The summed E-state index contributed by atoms with van der Waals surface area (Å²) in [6.07, 6.45) is 2.37. The van der Waals surface area contributed by atoms with Crippen molar-refractivity contribution >= 4 is 23.4 Å². The predicted molar refractivity (Wildman–Crippen MR) is 89.4 cm³/mol. The molecule has 0 aliphatic carbocycles. The highest BCUT2D eigenvalue weighted by Crippen LogP contribution is 2.13. The lowest BCUT2D eigenvalue weighted by molar-refractivity contribution is -0.133. The quantitative estimate of drug-likeness (QED) is 0.863. The Hall–Kier alpha value is -1.59. The fourth-order valence-corrected chi connectivity index (χ4v) is 2.81. The molecule has 0 unspecified atom stereocenters. The van der Waals surface area contributed by atoms with Crippen LogP contribution < -0.4 is 5.32 Å². The van der Waals surface area contributed by atoms with Crippen molar-refractivity contribution in [2.45, 2.75) is 31.7 Å². The van der Waals surface area contributed by atoms with E-state index >= 15 is 0 Å². The summed E-state index contributed by atoms with van der Waals surface area (Å²) in [5, 5.41) is 3.72. The van der Waals surface area contributed by atoms with Crippen molar-refractivity contribution in [2.75, 3.05) is 26.8 Å². The zero-order valence-corrected chi connectivity index (χ0v) is 14.1. The summed E-state index contributed by atoms with van der Waals surface area (Å²) in [6, 6.07) is 7.43. The molecule has 1 saturated heterocycles. The molecule has 1 heterocycles. The number of hydrogen-bond acceptors (Lipinski definition) is 3. The van der Waals surface area contributed by atoms with E-state index in [-0.39, 0.29) is 17.9 Å². The standard InChI is InChI=1S/C17H23ClN2O3/c1-23-11-8-17(22)20-9-6-15(7-10-20)19-16(21)12-13-2-4-14(18)5-3-13/h2-5,15H,6-12H2,1H3,(H,19,21). The van der Waals surface area contributed by atoms with Crippen molar-refractivity contribution in [3.8, 4) is 0 Å². The van der Waals surface area contributed by atoms with Gasteiger partial charge in [0.05, 0.1) is 19.4 Å². The van der Waals surface area contributed by atoms with Gasteiger partial charge in [-0.3, -0.25) is 9.59 Å². The van der Waals surface area contributed by atoms with Crippen molar-refractivity contribution in [2.24, 2.45) is 0 Å².